The van der Waals surface area contributed by atoms with Crippen molar-refractivity contribution in [2.75, 3.05) is 20.3 Å². The van der Waals surface area contributed by atoms with Crippen LogP contribution in [0.4, 0.5) is 0 Å². The normalized spacial score (nSPS) is 18.7. The standard InChI is InChI=1S/C26H22N2O6/c1-32-19-5-2-17(3-6-19)23-22(24(29)18-4-7-20-21(14-18)34-13-12-33-20)25(30)26(31)28(23)15-16-8-10-27-11-9-16/h2-11,14,23,29H,12-13,15H2,1H3/b24-22+. The monoisotopic (exact) mass is 458 g/mol. The average molecular weight is 458 g/mol. The number of ether oxygens (including phenoxy) is 3. The van der Waals surface area contributed by atoms with Gasteiger partial charge in [0.05, 0.1) is 18.7 Å². The fraction of sp³-hybridized carbons (Fsp3) is 0.192. The highest BCUT2D eigenvalue weighted by Crippen LogP contribution is 2.42. The fourth-order valence-electron chi connectivity index (χ4n) is 4.21. The molecule has 2 aliphatic heterocycles. The van der Waals surface area contributed by atoms with Crippen molar-refractivity contribution < 1.29 is 28.9 Å². The minimum absolute atomic E-state index is 0.0147. The summed E-state index contributed by atoms with van der Waals surface area (Å²) in [6.07, 6.45) is 3.26. The highest BCUT2D eigenvalue weighted by atomic mass is 16.6. The molecule has 8 heteroatoms. The molecule has 2 aliphatic rings. The zero-order valence-electron chi connectivity index (χ0n) is 18.4. The van der Waals surface area contributed by atoms with E-state index < -0.39 is 17.7 Å². The molecule has 34 heavy (non-hydrogen) atoms. The van der Waals surface area contributed by atoms with Crippen LogP contribution in [0.25, 0.3) is 5.76 Å². The van der Waals surface area contributed by atoms with Gasteiger partial charge >= 0.3 is 0 Å². The number of fused-ring (bicyclic) bond motifs is 1. The minimum atomic E-state index is -0.785. The Kier molecular flexibility index (Phi) is 5.63. The van der Waals surface area contributed by atoms with Crippen LogP contribution in [0.1, 0.15) is 22.7 Å². The number of methoxy groups -OCH3 is 1. The maximum Gasteiger partial charge on any atom is 0.295 e. The predicted octanol–water partition coefficient (Wildman–Crippen LogP) is 3.48. The number of hydrogen-bond acceptors (Lipinski definition) is 7. The van der Waals surface area contributed by atoms with Crippen LogP contribution >= 0.6 is 0 Å². The summed E-state index contributed by atoms with van der Waals surface area (Å²) in [5.74, 6) is -0.0241. The molecule has 1 fully saturated rings. The largest absolute Gasteiger partial charge is 0.507 e. The fourth-order valence-corrected chi connectivity index (χ4v) is 4.21. The van der Waals surface area contributed by atoms with Gasteiger partial charge in [-0.15, -0.1) is 0 Å². The van der Waals surface area contributed by atoms with E-state index in [0.717, 1.165) is 5.56 Å². The number of aromatic nitrogens is 1. The maximum absolute atomic E-state index is 13.2. The van der Waals surface area contributed by atoms with Crippen LogP contribution in [0.15, 0.2) is 72.6 Å². The summed E-state index contributed by atoms with van der Waals surface area (Å²) in [7, 11) is 1.56. The Bertz CT molecular complexity index is 1270. The Morgan fingerprint density at radius 2 is 1.74 bits per heavy atom. The number of amides is 1. The number of ketones is 1. The highest BCUT2D eigenvalue weighted by molar-refractivity contribution is 6.46. The van der Waals surface area contributed by atoms with Gasteiger partial charge in [-0.2, -0.15) is 0 Å². The predicted molar refractivity (Wildman–Crippen MR) is 123 cm³/mol. The molecule has 0 saturated carbocycles. The lowest BCUT2D eigenvalue weighted by molar-refractivity contribution is -0.140. The molecule has 2 aromatic carbocycles. The Morgan fingerprint density at radius 1 is 1.03 bits per heavy atom. The van der Waals surface area contributed by atoms with Crippen molar-refractivity contribution in [1.82, 2.24) is 9.88 Å². The molecule has 1 aromatic heterocycles. The van der Waals surface area contributed by atoms with Crippen molar-refractivity contribution >= 4 is 17.4 Å². The number of likely N-dealkylation sites (tertiary alicyclic amines) is 1. The van der Waals surface area contributed by atoms with Gasteiger partial charge in [0.25, 0.3) is 11.7 Å². The van der Waals surface area contributed by atoms with Crippen LogP contribution in [0.3, 0.4) is 0 Å². The van der Waals surface area contributed by atoms with Gasteiger partial charge in [-0.25, -0.2) is 0 Å². The van der Waals surface area contributed by atoms with Crippen LogP contribution in [-0.2, 0) is 16.1 Å². The van der Waals surface area contributed by atoms with Gasteiger partial charge in [-0.3, -0.25) is 14.6 Å². The second-order valence-electron chi connectivity index (χ2n) is 7.91. The number of aliphatic hydroxyl groups excluding tert-OH is 1. The Hall–Kier alpha value is -4.33. The first-order valence-electron chi connectivity index (χ1n) is 10.8. The average Bonchev–Trinajstić information content (AvgIpc) is 3.13. The van der Waals surface area contributed by atoms with Gasteiger partial charge in [0.1, 0.15) is 24.7 Å². The molecule has 3 aromatic rings. The highest BCUT2D eigenvalue weighted by Gasteiger charge is 2.46. The van der Waals surface area contributed by atoms with Gasteiger partial charge in [0, 0.05) is 24.5 Å². The number of carbonyl (C=O) groups excluding carboxylic acids is 2. The van der Waals surface area contributed by atoms with Crippen molar-refractivity contribution in [2.45, 2.75) is 12.6 Å². The van der Waals surface area contributed by atoms with Crippen LogP contribution in [0.2, 0.25) is 0 Å². The van der Waals surface area contributed by atoms with Crippen LogP contribution in [0, 0.1) is 0 Å². The molecule has 0 bridgehead atoms. The number of pyridine rings is 1. The number of nitrogens with zero attached hydrogens (tertiary/aromatic N) is 2. The molecule has 5 rings (SSSR count). The zero-order valence-corrected chi connectivity index (χ0v) is 18.4. The van der Waals surface area contributed by atoms with E-state index in [1.54, 1.807) is 74.1 Å². The van der Waals surface area contributed by atoms with Crippen LogP contribution < -0.4 is 14.2 Å². The molecule has 0 spiro atoms. The zero-order chi connectivity index (χ0) is 23.7. The molecular weight excluding hydrogens is 436 g/mol. The van der Waals surface area contributed by atoms with E-state index in [4.69, 9.17) is 14.2 Å². The summed E-state index contributed by atoms with van der Waals surface area (Å²) >= 11 is 0. The van der Waals surface area contributed by atoms with Gasteiger partial charge in [0.2, 0.25) is 0 Å². The molecule has 0 aliphatic carbocycles. The van der Waals surface area contributed by atoms with Gasteiger partial charge < -0.3 is 24.2 Å². The number of Topliss-reactive ketones (excluding diaryl/α,β-unsaturated/α-hetero) is 1. The lowest BCUT2D eigenvalue weighted by Crippen LogP contribution is -2.29. The molecule has 0 radical (unpaired) electrons. The quantitative estimate of drug-likeness (QED) is 0.355. The second-order valence-corrected chi connectivity index (χ2v) is 7.91. The van der Waals surface area contributed by atoms with Crippen molar-refractivity contribution in [3.63, 3.8) is 0 Å². The SMILES string of the molecule is COc1ccc(C2/C(=C(\O)c3ccc4c(c3)OCCO4)C(=O)C(=O)N2Cc2ccncc2)cc1. The van der Waals surface area contributed by atoms with E-state index in [-0.39, 0.29) is 17.9 Å². The number of benzene rings is 2. The number of hydrogen-bond donors (Lipinski definition) is 1. The van der Waals surface area contributed by atoms with E-state index in [1.807, 2.05) is 0 Å². The third-order valence-electron chi connectivity index (χ3n) is 5.89. The summed E-state index contributed by atoms with van der Waals surface area (Å²) < 4.78 is 16.4. The second kappa shape index (κ2) is 8.90. The molecule has 8 nitrogen and oxygen atoms in total. The Balaban J connectivity index is 1.62. The smallest absolute Gasteiger partial charge is 0.295 e. The summed E-state index contributed by atoms with van der Waals surface area (Å²) in [6.45, 7) is 1.01. The van der Waals surface area contributed by atoms with Crippen molar-refractivity contribution in [3.05, 3.63) is 89.3 Å². The van der Waals surface area contributed by atoms with Gasteiger partial charge in [-0.05, 0) is 53.6 Å². The molecule has 1 atom stereocenters. The number of rotatable bonds is 5. The lowest BCUT2D eigenvalue weighted by Gasteiger charge is -2.25. The van der Waals surface area contributed by atoms with E-state index in [2.05, 4.69) is 4.98 Å². The van der Waals surface area contributed by atoms with Gasteiger partial charge in [-0.1, -0.05) is 12.1 Å². The molecule has 1 amide bonds. The summed E-state index contributed by atoms with van der Waals surface area (Å²) in [5.41, 5.74) is 1.87. The Morgan fingerprint density at radius 3 is 2.44 bits per heavy atom. The minimum Gasteiger partial charge on any atom is -0.507 e. The Labute approximate surface area is 196 Å². The van der Waals surface area contributed by atoms with Crippen LogP contribution in [0.5, 0.6) is 17.2 Å². The lowest BCUT2D eigenvalue weighted by atomic mass is 9.95. The maximum atomic E-state index is 13.2. The molecule has 3 heterocycles. The molecular formula is C26H22N2O6. The molecule has 1 N–H and O–H groups in total. The van der Waals surface area contributed by atoms with Crippen molar-refractivity contribution in [3.8, 4) is 17.2 Å². The van der Waals surface area contributed by atoms with Crippen molar-refractivity contribution in [2.24, 2.45) is 0 Å². The molecule has 172 valence electrons. The molecule has 1 saturated heterocycles. The summed E-state index contributed by atoms with van der Waals surface area (Å²) in [4.78, 5) is 31.8. The van der Waals surface area contributed by atoms with Crippen LogP contribution in [-0.4, -0.2) is 47.0 Å². The number of aliphatic hydroxyl groups is 1. The van der Waals surface area contributed by atoms with Gasteiger partial charge in [0.15, 0.2) is 11.5 Å². The summed E-state index contributed by atoms with van der Waals surface area (Å²) in [6, 6.07) is 14.8. The third kappa shape index (κ3) is 3.83. The third-order valence-corrected chi connectivity index (χ3v) is 5.89. The number of carbonyl (C=O) groups is 2. The van der Waals surface area contributed by atoms with E-state index in [9.17, 15) is 14.7 Å². The first-order chi connectivity index (χ1) is 16.6. The summed E-state index contributed by atoms with van der Waals surface area (Å²) in [5, 5.41) is 11.3. The van der Waals surface area contributed by atoms with E-state index in [0.29, 0.717) is 41.6 Å². The van der Waals surface area contributed by atoms with E-state index in [1.165, 1.54) is 4.90 Å². The first-order valence-corrected chi connectivity index (χ1v) is 10.8. The topological polar surface area (TPSA) is 98.2 Å². The van der Waals surface area contributed by atoms with Crippen molar-refractivity contribution in [1.29, 1.82) is 0 Å². The first kappa shape index (κ1) is 21.5. The van der Waals surface area contributed by atoms with E-state index >= 15 is 0 Å². The molecule has 1 unspecified atom stereocenters.